The highest BCUT2D eigenvalue weighted by atomic mass is 35.5. The van der Waals surface area contributed by atoms with Crippen LogP contribution in [0.4, 0.5) is 0 Å². The van der Waals surface area contributed by atoms with Gasteiger partial charge in [-0.2, -0.15) is 0 Å². The third-order valence-electron chi connectivity index (χ3n) is 5.26. The van der Waals surface area contributed by atoms with Crippen molar-refractivity contribution in [2.75, 3.05) is 20.3 Å². The molecule has 2 heterocycles. The van der Waals surface area contributed by atoms with Crippen molar-refractivity contribution >= 4 is 40.1 Å². The second-order valence-electron chi connectivity index (χ2n) is 7.25. The normalized spacial score (nSPS) is 11.2. The minimum atomic E-state index is -0.473. The van der Waals surface area contributed by atoms with E-state index in [4.69, 9.17) is 33.0 Å². The van der Waals surface area contributed by atoms with Gasteiger partial charge in [0.1, 0.15) is 5.56 Å². The first-order chi connectivity index (χ1) is 16.0. The highest BCUT2D eigenvalue weighted by molar-refractivity contribution is 6.32. The Morgan fingerprint density at radius 3 is 2.52 bits per heavy atom. The zero-order valence-corrected chi connectivity index (χ0v) is 19.7. The van der Waals surface area contributed by atoms with Gasteiger partial charge in [-0.15, -0.1) is 5.10 Å². The Kier molecular flexibility index (Phi) is 6.83. The number of carbonyl (C=O) groups excluding carboxylic acids is 1. The topological polar surface area (TPSA) is 78.1 Å². The van der Waals surface area contributed by atoms with Crippen LogP contribution in [0.3, 0.4) is 0 Å². The van der Waals surface area contributed by atoms with E-state index in [0.717, 1.165) is 5.56 Å². The number of fused-ring (bicyclic) bond motifs is 1. The Balaban J connectivity index is 2.10. The molecule has 1 amide bonds. The van der Waals surface area contributed by atoms with Gasteiger partial charge in [0, 0.05) is 29.6 Å². The maximum absolute atomic E-state index is 13.2. The predicted octanol–water partition coefficient (Wildman–Crippen LogP) is 4.56. The summed E-state index contributed by atoms with van der Waals surface area (Å²) in [5, 5.41) is 9.05. The molecule has 2 aromatic heterocycles. The number of pyridine rings is 1. The third-order valence-corrected chi connectivity index (χ3v) is 5.83. The van der Waals surface area contributed by atoms with Crippen LogP contribution in [-0.4, -0.2) is 40.5 Å². The molecule has 0 atom stereocenters. The molecule has 0 radical (unpaired) electrons. The second kappa shape index (κ2) is 9.79. The summed E-state index contributed by atoms with van der Waals surface area (Å²) in [5.41, 5.74) is 2.15. The summed E-state index contributed by atoms with van der Waals surface area (Å²) >= 11 is 12.6. The highest BCUT2D eigenvalue weighted by Crippen LogP contribution is 2.34. The Morgan fingerprint density at radius 1 is 1.12 bits per heavy atom. The summed E-state index contributed by atoms with van der Waals surface area (Å²) in [5.74, 6) is -0.473. The number of amides is 1. The second-order valence-corrected chi connectivity index (χ2v) is 8.09. The van der Waals surface area contributed by atoms with Gasteiger partial charge in [0.25, 0.3) is 11.5 Å². The number of para-hydroxylation sites is 1. The number of nitrogens with one attached hydrogen (secondary N) is 1. The summed E-state index contributed by atoms with van der Waals surface area (Å²) in [7, 11) is 1.49. The average Bonchev–Trinajstić information content (AvgIpc) is 3.19. The largest absolute Gasteiger partial charge is 0.380 e. The number of hydrogen-bond acceptors (Lipinski definition) is 4. The SMILES string of the molecule is CCOCCn1c(=O)c(C(=O)NC)cc2c(-c3ccc(Cl)cc3)n(-c3ccccc3Cl)nc21. The van der Waals surface area contributed by atoms with E-state index in [0.29, 0.717) is 45.7 Å². The van der Waals surface area contributed by atoms with E-state index in [9.17, 15) is 9.59 Å². The molecule has 0 saturated heterocycles. The van der Waals surface area contributed by atoms with Gasteiger partial charge in [-0.05, 0) is 37.3 Å². The molecule has 170 valence electrons. The molecular formula is C24H22Cl2N4O3. The molecule has 1 N–H and O–H groups in total. The van der Waals surface area contributed by atoms with Crippen LogP contribution in [0.15, 0.2) is 59.4 Å². The Bertz CT molecular complexity index is 1380. The van der Waals surface area contributed by atoms with Crippen LogP contribution in [0, 0.1) is 0 Å². The van der Waals surface area contributed by atoms with Crippen molar-refractivity contribution in [2.24, 2.45) is 0 Å². The van der Waals surface area contributed by atoms with Crippen LogP contribution in [0.2, 0.25) is 10.0 Å². The van der Waals surface area contributed by atoms with E-state index >= 15 is 0 Å². The van der Waals surface area contributed by atoms with E-state index in [2.05, 4.69) is 5.32 Å². The fourth-order valence-electron chi connectivity index (χ4n) is 3.69. The van der Waals surface area contributed by atoms with Crippen LogP contribution >= 0.6 is 23.2 Å². The molecule has 2 aromatic carbocycles. The number of hydrogen-bond donors (Lipinski definition) is 1. The van der Waals surface area contributed by atoms with E-state index in [-0.39, 0.29) is 12.1 Å². The fraction of sp³-hybridized carbons (Fsp3) is 0.208. The van der Waals surface area contributed by atoms with Crippen molar-refractivity contribution in [2.45, 2.75) is 13.5 Å². The van der Waals surface area contributed by atoms with Gasteiger partial charge in [0.15, 0.2) is 5.65 Å². The molecule has 0 aliphatic rings. The molecule has 0 aliphatic heterocycles. The van der Waals surface area contributed by atoms with Gasteiger partial charge >= 0.3 is 0 Å². The molecule has 33 heavy (non-hydrogen) atoms. The lowest BCUT2D eigenvalue weighted by Crippen LogP contribution is -2.32. The molecule has 0 fully saturated rings. The Hall–Kier alpha value is -3.13. The van der Waals surface area contributed by atoms with E-state index < -0.39 is 11.5 Å². The van der Waals surface area contributed by atoms with Gasteiger partial charge in [-0.3, -0.25) is 14.2 Å². The lowest BCUT2D eigenvalue weighted by Gasteiger charge is -2.10. The molecule has 0 saturated carbocycles. The monoisotopic (exact) mass is 484 g/mol. The van der Waals surface area contributed by atoms with Crippen molar-refractivity contribution in [3.63, 3.8) is 0 Å². The Labute approximate surface area is 200 Å². The maximum atomic E-state index is 13.2. The van der Waals surface area contributed by atoms with Gasteiger partial charge in [-0.25, -0.2) is 4.68 Å². The van der Waals surface area contributed by atoms with E-state index in [1.165, 1.54) is 11.6 Å². The number of rotatable bonds is 7. The van der Waals surface area contributed by atoms with Crippen molar-refractivity contribution in [1.82, 2.24) is 19.7 Å². The number of ether oxygens (including phenoxy) is 1. The number of benzene rings is 2. The molecule has 0 aliphatic carbocycles. The molecule has 0 unspecified atom stereocenters. The van der Waals surface area contributed by atoms with Crippen molar-refractivity contribution in [3.05, 3.63) is 80.6 Å². The third kappa shape index (κ3) is 4.39. The summed E-state index contributed by atoms with van der Waals surface area (Å²) < 4.78 is 8.65. The van der Waals surface area contributed by atoms with Crippen LogP contribution in [0.5, 0.6) is 0 Å². The van der Waals surface area contributed by atoms with Crippen LogP contribution < -0.4 is 10.9 Å². The molecule has 9 heteroatoms. The lowest BCUT2D eigenvalue weighted by molar-refractivity contribution is 0.0960. The van der Waals surface area contributed by atoms with Crippen molar-refractivity contribution in [1.29, 1.82) is 0 Å². The average molecular weight is 485 g/mol. The zero-order valence-electron chi connectivity index (χ0n) is 18.1. The fourth-order valence-corrected chi connectivity index (χ4v) is 4.03. The first kappa shape index (κ1) is 23.0. The smallest absolute Gasteiger partial charge is 0.265 e. The predicted molar refractivity (Wildman–Crippen MR) is 131 cm³/mol. The minimum absolute atomic E-state index is 0.0235. The van der Waals surface area contributed by atoms with Crippen molar-refractivity contribution < 1.29 is 9.53 Å². The van der Waals surface area contributed by atoms with Gasteiger partial charge in [0.05, 0.1) is 29.6 Å². The molecule has 0 spiro atoms. The number of nitrogens with zero attached hydrogens (tertiary/aromatic N) is 3. The van der Waals surface area contributed by atoms with Crippen LogP contribution in [0.1, 0.15) is 17.3 Å². The summed E-state index contributed by atoms with van der Waals surface area (Å²) in [4.78, 5) is 25.8. The number of aromatic nitrogens is 3. The number of halogens is 2. The van der Waals surface area contributed by atoms with Crippen LogP contribution in [-0.2, 0) is 11.3 Å². The molecule has 4 aromatic rings. The van der Waals surface area contributed by atoms with Gasteiger partial charge in [-0.1, -0.05) is 47.5 Å². The van der Waals surface area contributed by atoms with Crippen LogP contribution in [0.25, 0.3) is 28.0 Å². The van der Waals surface area contributed by atoms with E-state index in [1.807, 2.05) is 37.3 Å². The van der Waals surface area contributed by atoms with Gasteiger partial charge < -0.3 is 10.1 Å². The molecule has 0 bridgehead atoms. The Morgan fingerprint density at radius 2 is 1.85 bits per heavy atom. The standard InChI is InChI=1S/C24H22Cl2N4O3/c1-3-33-13-12-29-22-17(14-18(24(29)32)23(31)27-2)21(15-8-10-16(25)11-9-15)30(28-22)20-7-5-4-6-19(20)26/h4-11,14H,3,12-13H2,1-2H3,(H,27,31). The molecule has 7 nitrogen and oxygen atoms in total. The zero-order chi connectivity index (χ0) is 23.5. The first-order valence-electron chi connectivity index (χ1n) is 10.4. The lowest BCUT2D eigenvalue weighted by atomic mass is 10.1. The highest BCUT2D eigenvalue weighted by Gasteiger charge is 2.23. The summed E-state index contributed by atoms with van der Waals surface area (Å²) in [6, 6.07) is 16.2. The number of carbonyl (C=O) groups is 1. The van der Waals surface area contributed by atoms with Crippen molar-refractivity contribution in [3.8, 4) is 16.9 Å². The van der Waals surface area contributed by atoms with Gasteiger partial charge in [0.2, 0.25) is 0 Å². The first-order valence-corrected chi connectivity index (χ1v) is 11.2. The molecular weight excluding hydrogens is 463 g/mol. The van der Waals surface area contributed by atoms with E-state index in [1.54, 1.807) is 28.9 Å². The minimum Gasteiger partial charge on any atom is -0.380 e. The maximum Gasteiger partial charge on any atom is 0.265 e. The molecule has 4 rings (SSSR count). The summed E-state index contributed by atoms with van der Waals surface area (Å²) in [6.07, 6.45) is 0. The summed E-state index contributed by atoms with van der Waals surface area (Å²) in [6.45, 7) is 2.94. The quantitative estimate of drug-likeness (QED) is 0.390.